The Hall–Kier alpha value is -1.32. The third kappa shape index (κ3) is 5.18. The van der Waals surface area contributed by atoms with Crippen LogP contribution < -0.4 is 15.2 Å². The first-order valence-electron chi connectivity index (χ1n) is 5.28. The van der Waals surface area contributed by atoms with E-state index < -0.39 is 30.7 Å². The van der Waals surface area contributed by atoms with Crippen LogP contribution in [0.4, 0.5) is 22.0 Å². The molecule has 122 valence electrons. The van der Waals surface area contributed by atoms with Crippen LogP contribution in [0.3, 0.4) is 0 Å². The van der Waals surface area contributed by atoms with Crippen LogP contribution in [0.15, 0.2) is 18.2 Å². The summed E-state index contributed by atoms with van der Waals surface area (Å²) in [5.41, 5.74) is 5.03. The molecule has 0 aliphatic heterocycles. The molecule has 10 heteroatoms. The monoisotopic (exact) mass is 337 g/mol. The summed E-state index contributed by atoms with van der Waals surface area (Å²) < 4.78 is 71.0. The summed E-state index contributed by atoms with van der Waals surface area (Å²) in [5, 5.41) is 8.55. The van der Waals surface area contributed by atoms with Gasteiger partial charge in [-0.15, -0.1) is 25.6 Å². The van der Waals surface area contributed by atoms with Crippen molar-refractivity contribution in [3.63, 3.8) is 0 Å². The van der Waals surface area contributed by atoms with E-state index in [9.17, 15) is 22.0 Å². The van der Waals surface area contributed by atoms with Crippen LogP contribution in [-0.4, -0.2) is 31.1 Å². The van der Waals surface area contributed by atoms with Crippen molar-refractivity contribution in [1.29, 1.82) is 0 Å². The fourth-order valence-corrected chi connectivity index (χ4v) is 1.47. The Balaban J connectivity index is 0.00000400. The van der Waals surface area contributed by atoms with Gasteiger partial charge in [0.1, 0.15) is 24.1 Å². The number of hydrogen-bond donors (Lipinski definition) is 2. The highest BCUT2D eigenvalue weighted by Crippen LogP contribution is 2.37. The number of nitrogens with two attached hydrogens (primary N) is 1. The van der Waals surface area contributed by atoms with Gasteiger partial charge >= 0.3 is 6.36 Å². The molecule has 1 atom stereocenters. The molecule has 0 unspecified atom stereocenters. The van der Waals surface area contributed by atoms with Gasteiger partial charge in [-0.2, -0.15) is 0 Å². The van der Waals surface area contributed by atoms with E-state index in [-0.39, 0.29) is 23.7 Å². The first-order valence-corrected chi connectivity index (χ1v) is 5.28. The van der Waals surface area contributed by atoms with Gasteiger partial charge in [-0.05, 0) is 12.1 Å². The van der Waals surface area contributed by atoms with Crippen molar-refractivity contribution in [2.75, 3.05) is 13.7 Å². The highest BCUT2D eigenvalue weighted by molar-refractivity contribution is 5.85. The Labute approximate surface area is 123 Å². The molecule has 0 saturated heterocycles. The smallest absolute Gasteiger partial charge is 0.496 e. The number of rotatable bonds is 5. The predicted molar refractivity (Wildman–Crippen MR) is 65.9 cm³/mol. The zero-order valence-electron chi connectivity index (χ0n) is 10.7. The standard InChI is InChI=1S/C11H12F5NO3.ClH/c1-19-8-4-6(20-11(14,15)16)2-3-7(8)9(17)10(12,13)5-18;/h2-4,9,18H,5,17H2,1H3;1H/t9-;/m0./s1. The summed E-state index contributed by atoms with van der Waals surface area (Å²) >= 11 is 0. The van der Waals surface area contributed by atoms with E-state index >= 15 is 0 Å². The number of halogens is 6. The Morgan fingerprint density at radius 2 is 1.81 bits per heavy atom. The maximum atomic E-state index is 13.3. The summed E-state index contributed by atoms with van der Waals surface area (Å²) in [5.74, 6) is -4.57. The quantitative estimate of drug-likeness (QED) is 0.811. The van der Waals surface area contributed by atoms with E-state index in [0.717, 1.165) is 25.3 Å². The summed E-state index contributed by atoms with van der Waals surface area (Å²) in [4.78, 5) is 0. The van der Waals surface area contributed by atoms with Crippen LogP contribution in [0.2, 0.25) is 0 Å². The number of aliphatic hydroxyl groups excluding tert-OH is 1. The molecule has 1 aromatic carbocycles. The topological polar surface area (TPSA) is 64.7 Å². The van der Waals surface area contributed by atoms with Gasteiger partial charge in [0.25, 0.3) is 5.92 Å². The van der Waals surface area contributed by atoms with Gasteiger partial charge in [0.05, 0.1) is 7.11 Å². The van der Waals surface area contributed by atoms with Gasteiger partial charge in [-0.3, -0.25) is 0 Å². The number of ether oxygens (including phenoxy) is 2. The molecule has 21 heavy (non-hydrogen) atoms. The average molecular weight is 338 g/mol. The number of benzene rings is 1. The Kier molecular flexibility index (Phi) is 6.65. The molecule has 4 nitrogen and oxygen atoms in total. The van der Waals surface area contributed by atoms with Crippen molar-refractivity contribution < 1.29 is 36.5 Å². The van der Waals surface area contributed by atoms with Gasteiger partial charge < -0.3 is 20.3 Å². The molecule has 0 aliphatic carbocycles. The lowest BCUT2D eigenvalue weighted by atomic mass is 10.0. The molecule has 0 heterocycles. The van der Waals surface area contributed by atoms with Crippen molar-refractivity contribution in [1.82, 2.24) is 0 Å². The molecule has 0 aromatic heterocycles. The fourth-order valence-electron chi connectivity index (χ4n) is 1.47. The Morgan fingerprint density at radius 1 is 1.24 bits per heavy atom. The largest absolute Gasteiger partial charge is 0.573 e. The molecule has 0 bridgehead atoms. The minimum Gasteiger partial charge on any atom is -0.496 e. The zero-order valence-corrected chi connectivity index (χ0v) is 11.5. The number of methoxy groups -OCH3 is 1. The van der Waals surface area contributed by atoms with Gasteiger partial charge in [0, 0.05) is 11.6 Å². The predicted octanol–water partition coefficient (Wildman–Crippen LogP) is 2.64. The lowest BCUT2D eigenvalue weighted by molar-refractivity contribution is -0.274. The highest BCUT2D eigenvalue weighted by atomic mass is 35.5. The SMILES string of the molecule is COc1cc(OC(F)(F)F)ccc1[C@H](N)C(F)(F)CO.Cl. The van der Waals surface area contributed by atoms with Crippen LogP contribution in [0.25, 0.3) is 0 Å². The molecule has 0 radical (unpaired) electrons. The van der Waals surface area contributed by atoms with E-state index in [2.05, 4.69) is 4.74 Å². The highest BCUT2D eigenvalue weighted by Gasteiger charge is 2.39. The molecule has 0 fully saturated rings. The molecule has 0 amide bonds. The minimum absolute atomic E-state index is 0. The molecule has 3 N–H and O–H groups in total. The van der Waals surface area contributed by atoms with E-state index in [1.807, 2.05) is 0 Å². The molecular weight excluding hydrogens is 325 g/mol. The van der Waals surface area contributed by atoms with Gasteiger partial charge in [0.15, 0.2) is 0 Å². The normalized spacial score (nSPS) is 13.3. The lowest BCUT2D eigenvalue weighted by Crippen LogP contribution is -2.36. The van der Waals surface area contributed by atoms with Crippen molar-refractivity contribution in [3.05, 3.63) is 23.8 Å². The molecular formula is C11H13ClF5NO3. The van der Waals surface area contributed by atoms with E-state index in [4.69, 9.17) is 15.6 Å². The Morgan fingerprint density at radius 3 is 2.24 bits per heavy atom. The van der Waals surface area contributed by atoms with Gasteiger partial charge in [0.2, 0.25) is 0 Å². The number of aliphatic hydroxyl groups is 1. The maximum absolute atomic E-state index is 13.3. The van der Waals surface area contributed by atoms with Gasteiger partial charge in [-0.25, -0.2) is 8.78 Å². The van der Waals surface area contributed by atoms with Crippen LogP contribution >= 0.6 is 12.4 Å². The van der Waals surface area contributed by atoms with Gasteiger partial charge in [-0.1, -0.05) is 0 Å². The molecule has 0 spiro atoms. The first kappa shape index (κ1) is 19.7. The average Bonchev–Trinajstić information content (AvgIpc) is 2.35. The first-order chi connectivity index (χ1) is 9.10. The summed E-state index contributed by atoms with van der Waals surface area (Å²) in [6.45, 7) is -1.50. The fraction of sp³-hybridized carbons (Fsp3) is 0.455. The van der Waals surface area contributed by atoms with Crippen molar-refractivity contribution in [2.24, 2.45) is 5.73 Å². The molecule has 0 aliphatic rings. The second-order valence-corrected chi connectivity index (χ2v) is 3.85. The van der Waals surface area contributed by atoms with Crippen molar-refractivity contribution in [3.8, 4) is 11.5 Å². The summed E-state index contributed by atoms with van der Waals surface area (Å²) in [6, 6.07) is 0.616. The Bertz CT molecular complexity index is 470. The minimum atomic E-state index is -4.91. The van der Waals surface area contributed by atoms with Crippen LogP contribution in [-0.2, 0) is 0 Å². The number of alkyl halides is 5. The maximum Gasteiger partial charge on any atom is 0.573 e. The lowest BCUT2D eigenvalue weighted by Gasteiger charge is -2.23. The van der Waals surface area contributed by atoms with E-state index in [1.54, 1.807) is 0 Å². The molecule has 1 aromatic rings. The zero-order chi connectivity index (χ0) is 15.6. The third-order valence-corrected chi connectivity index (χ3v) is 2.44. The van der Waals surface area contributed by atoms with E-state index in [0.29, 0.717) is 0 Å². The van der Waals surface area contributed by atoms with Crippen LogP contribution in [0.5, 0.6) is 11.5 Å². The summed E-state index contributed by atoms with van der Waals surface area (Å²) in [6.07, 6.45) is -4.91. The third-order valence-electron chi connectivity index (χ3n) is 2.44. The van der Waals surface area contributed by atoms with Crippen molar-refractivity contribution >= 4 is 12.4 Å². The molecule has 1 rings (SSSR count). The van der Waals surface area contributed by atoms with Crippen LogP contribution in [0, 0.1) is 0 Å². The second-order valence-electron chi connectivity index (χ2n) is 3.85. The van der Waals surface area contributed by atoms with Crippen LogP contribution in [0.1, 0.15) is 11.6 Å². The second kappa shape index (κ2) is 7.10. The van der Waals surface area contributed by atoms with Crippen molar-refractivity contribution in [2.45, 2.75) is 18.3 Å². The molecule has 0 saturated carbocycles. The summed E-state index contributed by atoms with van der Waals surface area (Å²) in [7, 11) is 1.08. The number of hydrogen-bond acceptors (Lipinski definition) is 4. The van der Waals surface area contributed by atoms with E-state index in [1.165, 1.54) is 0 Å².